The summed E-state index contributed by atoms with van der Waals surface area (Å²) in [6.07, 6.45) is 6.01. The Hall–Kier alpha value is -6.69. The normalized spacial score (nSPS) is 20.4. The standard InChI is InChI=1S/C59H69F3N12O5S2/c1-36-54(80-35-66-36)40-7-5-37(6-8-40)25-43-29-64-57(67-43)50-27-45(75)33-74(50)58(77)55(59(2,3)4)68-51(76)34-71-23-21-70(22-24-71)31-38-15-18-72(19-16-38)44-11-9-39(10-12-44)41-26-46-47(30-65-56(46)63-28-41)52-48(61)13-14-49(53(52)62)69-81(78,79)73-20-17-42(60)32-73/h5-14,26,28-30,35,38,42,45,50,55,69,75H,15-25,27,31-34H2,1-4H3,(H,63,65)(H,64,67)(H,68,76)/t42-,45-,50+,55-/m1/s1. The summed E-state index contributed by atoms with van der Waals surface area (Å²) in [6.45, 7) is 13.8. The van der Waals surface area contributed by atoms with Crippen molar-refractivity contribution in [3.63, 3.8) is 0 Å². The first kappa shape index (κ1) is 56.2. The summed E-state index contributed by atoms with van der Waals surface area (Å²) in [6, 6.07) is 19.1. The third kappa shape index (κ3) is 12.4. The predicted molar refractivity (Wildman–Crippen MR) is 308 cm³/mol. The number of likely N-dealkylation sites (tertiary alicyclic amines) is 1. The molecule has 11 rings (SSSR count). The van der Waals surface area contributed by atoms with Crippen molar-refractivity contribution in [2.45, 2.75) is 84.2 Å². The monoisotopic (exact) mass is 1150 g/mol. The lowest BCUT2D eigenvalue weighted by atomic mass is 9.85. The first-order valence-electron chi connectivity index (χ1n) is 27.8. The van der Waals surface area contributed by atoms with Gasteiger partial charge in [-0.1, -0.05) is 57.2 Å². The van der Waals surface area contributed by atoms with Crippen LogP contribution < -0.4 is 14.9 Å². The molecule has 17 nitrogen and oxygen atoms in total. The molecule has 428 valence electrons. The van der Waals surface area contributed by atoms with E-state index < -0.39 is 62.9 Å². The fraction of sp³-hybridized carbons (Fsp3) is 0.441. The van der Waals surface area contributed by atoms with E-state index in [-0.39, 0.29) is 50.0 Å². The van der Waals surface area contributed by atoms with E-state index in [0.717, 1.165) is 119 Å². The number of anilines is 2. The van der Waals surface area contributed by atoms with Crippen LogP contribution in [0.3, 0.4) is 0 Å². The van der Waals surface area contributed by atoms with Gasteiger partial charge in [0.1, 0.15) is 29.5 Å². The highest BCUT2D eigenvalue weighted by Gasteiger charge is 2.44. The highest BCUT2D eigenvalue weighted by atomic mass is 32.2. The SMILES string of the molecule is Cc1ncsc1-c1ccc(Cc2cnc([C@@H]3C[C@@H](O)CN3C(=O)[C@@H](NC(=O)CN3CCN(CC4CCN(c5ccc(-c6cnc7[nH]cc(-c8c(F)ccc(NS(=O)(=O)N9CC[C@@H](F)C9)c8F)c7c6)cc5)CC4)CC3)C(C)(C)C)[nH]2)cc1. The number of nitrogens with one attached hydrogen (secondary N) is 4. The number of carbonyl (C=O) groups is 2. The van der Waals surface area contributed by atoms with Crippen LogP contribution in [0.5, 0.6) is 0 Å². The van der Waals surface area contributed by atoms with Crippen LogP contribution in [0.1, 0.15) is 75.3 Å². The number of aryl methyl sites for hydroxylation is 1. The molecule has 0 unspecified atom stereocenters. The number of amides is 2. The maximum absolute atomic E-state index is 16.0. The van der Waals surface area contributed by atoms with E-state index >= 15 is 8.78 Å². The van der Waals surface area contributed by atoms with Crippen molar-refractivity contribution in [3.8, 4) is 32.7 Å². The van der Waals surface area contributed by atoms with Crippen molar-refractivity contribution in [3.05, 3.63) is 125 Å². The minimum Gasteiger partial charge on any atom is -0.391 e. The van der Waals surface area contributed by atoms with Gasteiger partial charge < -0.3 is 35.1 Å². The van der Waals surface area contributed by atoms with Gasteiger partial charge in [0.15, 0.2) is 5.82 Å². The molecule has 0 radical (unpaired) electrons. The van der Waals surface area contributed by atoms with Gasteiger partial charge in [-0.05, 0) is 84.5 Å². The molecular formula is C59H69F3N12O5S2. The van der Waals surface area contributed by atoms with Crippen molar-refractivity contribution >= 4 is 55.8 Å². The smallest absolute Gasteiger partial charge is 0.301 e. The number of carbonyl (C=O) groups excluding carboxylic acids is 2. The lowest BCUT2D eigenvalue weighted by Crippen LogP contribution is -2.57. The molecule has 0 bridgehead atoms. The number of aromatic amines is 2. The molecule has 8 heterocycles. The van der Waals surface area contributed by atoms with Crippen LogP contribution >= 0.6 is 11.3 Å². The van der Waals surface area contributed by atoms with Gasteiger partial charge in [0.05, 0.1) is 46.0 Å². The average Bonchev–Trinajstić information content (AvgIpc) is 4.55. The molecule has 4 aromatic heterocycles. The topological polar surface area (TPSA) is 199 Å². The van der Waals surface area contributed by atoms with E-state index in [9.17, 15) is 27.5 Å². The third-order valence-electron chi connectivity index (χ3n) is 16.4. The zero-order valence-corrected chi connectivity index (χ0v) is 47.6. The molecule has 81 heavy (non-hydrogen) atoms. The number of H-pyrrole nitrogens is 2. The fourth-order valence-corrected chi connectivity index (χ4v) is 13.9. The maximum Gasteiger partial charge on any atom is 0.301 e. The molecule has 4 atom stereocenters. The third-order valence-corrected chi connectivity index (χ3v) is 18.9. The molecule has 4 saturated heterocycles. The number of benzene rings is 3. The molecule has 0 saturated carbocycles. The Kier molecular flexibility index (Phi) is 16.1. The second-order valence-electron chi connectivity index (χ2n) is 23.2. The number of halogens is 3. The van der Waals surface area contributed by atoms with Gasteiger partial charge in [-0.25, -0.2) is 28.1 Å². The second-order valence-corrected chi connectivity index (χ2v) is 25.7. The van der Waals surface area contributed by atoms with E-state index in [4.69, 9.17) is 4.98 Å². The van der Waals surface area contributed by atoms with Crippen molar-refractivity contribution in [2.75, 3.05) is 81.6 Å². The Morgan fingerprint density at radius 2 is 1.59 bits per heavy atom. The maximum atomic E-state index is 16.0. The summed E-state index contributed by atoms with van der Waals surface area (Å²) in [5.41, 5.74) is 7.84. The number of hydrogen-bond donors (Lipinski definition) is 5. The summed E-state index contributed by atoms with van der Waals surface area (Å²) >= 11 is 1.62. The van der Waals surface area contributed by atoms with E-state index in [1.807, 2.05) is 45.3 Å². The molecule has 4 fully saturated rings. The number of piperazine rings is 1. The number of aliphatic hydroxyl groups is 1. The first-order chi connectivity index (χ1) is 38.8. The largest absolute Gasteiger partial charge is 0.391 e. The Balaban J connectivity index is 0.643. The van der Waals surface area contributed by atoms with Gasteiger partial charge in [0.25, 0.3) is 0 Å². The van der Waals surface area contributed by atoms with E-state index in [0.29, 0.717) is 35.6 Å². The number of aromatic nitrogens is 5. The Morgan fingerprint density at radius 3 is 2.28 bits per heavy atom. The van der Waals surface area contributed by atoms with Gasteiger partial charge >= 0.3 is 10.2 Å². The number of aliphatic hydroxyl groups excluding tert-OH is 1. The summed E-state index contributed by atoms with van der Waals surface area (Å²) in [5.74, 6) is -1.26. The number of imidazole rings is 1. The number of fused-ring (bicyclic) bond motifs is 1. The number of pyridine rings is 1. The van der Waals surface area contributed by atoms with Gasteiger partial charge in [-0.15, -0.1) is 11.3 Å². The van der Waals surface area contributed by atoms with Crippen molar-refractivity contribution in [1.29, 1.82) is 0 Å². The van der Waals surface area contributed by atoms with Crippen molar-refractivity contribution < 1.29 is 36.3 Å². The molecule has 22 heteroatoms. The molecule has 0 spiro atoms. The molecule has 5 N–H and O–H groups in total. The summed E-state index contributed by atoms with van der Waals surface area (Å²) in [7, 11) is -4.27. The van der Waals surface area contributed by atoms with Crippen molar-refractivity contribution in [2.24, 2.45) is 11.3 Å². The number of rotatable bonds is 16. The highest BCUT2D eigenvalue weighted by molar-refractivity contribution is 7.90. The van der Waals surface area contributed by atoms with Crippen molar-refractivity contribution in [1.82, 2.24) is 49.2 Å². The number of β-amino-alcohol motifs (C(OH)–C–C–N with tert-alkyl or cyclic N) is 1. The van der Waals surface area contributed by atoms with E-state index in [1.165, 1.54) is 6.20 Å². The zero-order valence-electron chi connectivity index (χ0n) is 46.0. The molecule has 3 aromatic carbocycles. The van der Waals surface area contributed by atoms with Crippen LogP contribution in [0.4, 0.5) is 24.5 Å². The molecule has 2 amide bonds. The van der Waals surface area contributed by atoms with Crippen LogP contribution in [0.15, 0.2) is 90.8 Å². The average molecular weight is 1150 g/mol. The number of alkyl halides is 1. The van der Waals surface area contributed by atoms with Gasteiger partial charge in [-0.2, -0.15) is 12.7 Å². The van der Waals surface area contributed by atoms with Crippen LogP contribution in [0.25, 0.3) is 43.7 Å². The summed E-state index contributed by atoms with van der Waals surface area (Å²) < 4.78 is 74.2. The zero-order chi connectivity index (χ0) is 56.7. The number of piperidine rings is 1. The molecule has 7 aromatic rings. The number of nitrogens with zero attached hydrogens (tertiary/aromatic N) is 8. The second kappa shape index (κ2) is 23.3. The number of hydrogen-bond acceptors (Lipinski definition) is 12. The summed E-state index contributed by atoms with van der Waals surface area (Å²) in [5, 5.41) is 14.4. The summed E-state index contributed by atoms with van der Waals surface area (Å²) in [4.78, 5) is 58.1. The van der Waals surface area contributed by atoms with Crippen LogP contribution in [0.2, 0.25) is 0 Å². The first-order valence-corrected chi connectivity index (χ1v) is 30.1. The Morgan fingerprint density at radius 1 is 0.864 bits per heavy atom. The highest BCUT2D eigenvalue weighted by Crippen LogP contribution is 2.39. The predicted octanol–water partition coefficient (Wildman–Crippen LogP) is 8.32. The lowest BCUT2D eigenvalue weighted by molar-refractivity contribution is -0.141. The number of thiazole rings is 1. The Labute approximate surface area is 474 Å². The Bertz CT molecular complexity index is 3500. The quantitative estimate of drug-likeness (QED) is 0.0624. The molecule has 4 aliphatic heterocycles. The lowest BCUT2D eigenvalue weighted by Gasteiger charge is -2.39. The van der Waals surface area contributed by atoms with Gasteiger partial charge in [0, 0.05) is 125 Å². The van der Waals surface area contributed by atoms with Crippen LogP contribution in [-0.2, 0) is 26.2 Å². The molecule has 0 aliphatic carbocycles. The van der Waals surface area contributed by atoms with E-state index in [2.05, 4.69) is 81.1 Å². The van der Waals surface area contributed by atoms with Crippen LogP contribution in [-0.4, -0.2) is 160 Å². The minimum absolute atomic E-state index is 0.0409. The molecular weight excluding hydrogens is 1080 g/mol. The minimum atomic E-state index is -4.27. The van der Waals surface area contributed by atoms with Crippen LogP contribution in [0, 0.1) is 29.9 Å². The fourth-order valence-electron chi connectivity index (χ4n) is 11.8. The molecule has 4 aliphatic rings. The van der Waals surface area contributed by atoms with E-state index in [1.54, 1.807) is 34.7 Å². The van der Waals surface area contributed by atoms with Gasteiger partial charge in [0.2, 0.25) is 11.8 Å². The van der Waals surface area contributed by atoms with Gasteiger partial charge in [-0.3, -0.25) is 19.2 Å².